The molecule has 0 unspecified atom stereocenters. The van der Waals surface area contributed by atoms with Crippen molar-refractivity contribution in [2.24, 2.45) is 0 Å². The number of aromatic carboxylic acids is 1. The average molecular weight is 374 g/mol. The topological polar surface area (TPSA) is 89.9 Å². The molecule has 146 valence electrons. The second-order valence-corrected chi connectivity index (χ2v) is 5.89. The Bertz CT molecular complexity index is 677. The lowest BCUT2D eigenvalue weighted by atomic mass is 10.1. The van der Waals surface area contributed by atoms with Crippen LogP contribution in [0.2, 0.25) is 0 Å². The van der Waals surface area contributed by atoms with E-state index in [1.165, 1.54) is 18.2 Å². The Morgan fingerprint density at radius 1 is 0.889 bits per heavy atom. The van der Waals surface area contributed by atoms with Crippen LogP contribution in [-0.4, -0.2) is 35.9 Å². The summed E-state index contributed by atoms with van der Waals surface area (Å²) in [6.07, 6.45) is 5.94. The van der Waals surface area contributed by atoms with Crippen molar-refractivity contribution in [3.05, 3.63) is 49.1 Å². The number of ketones is 2. The number of ether oxygens (including phenoxy) is 2. The van der Waals surface area contributed by atoms with E-state index in [0.29, 0.717) is 50.9 Å². The van der Waals surface area contributed by atoms with Crippen LogP contribution in [0.1, 0.15) is 48.9 Å². The first-order chi connectivity index (χ1) is 13.0. The SMILES string of the molecule is C=CC(=O)CCCCOc1cccc(C(=O)O)c1OCCCCC(=O)C=C. The fourth-order valence-electron chi connectivity index (χ4n) is 2.31. The molecule has 0 aliphatic rings. The van der Waals surface area contributed by atoms with Gasteiger partial charge in [0.25, 0.3) is 0 Å². The summed E-state index contributed by atoms with van der Waals surface area (Å²) >= 11 is 0. The van der Waals surface area contributed by atoms with E-state index < -0.39 is 5.97 Å². The van der Waals surface area contributed by atoms with Crippen molar-refractivity contribution in [1.29, 1.82) is 0 Å². The number of rotatable bonds is 15. The van der Waals surface area contributed by atoms with E-state index in [4.69, 9.17) is 9.47 Å². The van der Waals surface area contributed by atoms with E-state index in [2.05, 4.69) is 13.2 Å². The molecule has 1 aromatic carbocycles. The molecule has 1 rings (SSSR count). The average Bonchev–Trinajstić information content (AvgIpc) is 2.67. The number of hydrogen-bond donors (Lipinski definition) is 1. The number of carboxylic acids is 1. The monoisotopic (exact) mass is 374 g/mol. The molecular formula is C21H26O6. The smallest absolute Gasteiger partial charge is 0.339 e. The Hall–Kier alpha value is -2.89. The van der Waals surface area contributed by atoms with E-state index in [0.717, 1.165) is 0 Å². The van der Waals surface area contributed by atoms with Crippen LogP contribution in [0.15, 0.2) is 43.5 Å². The maximum atomic E-state index is 11.4. The van der Waals surface area contributed by atoms with Crippen molar-refractivity contribution < 1.29 is 29.0 Å². The van der Waals surface area contributed by atoms with Gasteiger partial charge in [0.15, 0.2) is 23.1 Å². The fraction of sp³-hybridized carbons (Fsp3) is 0.381. The molecule has 0 aliphatic carbocycles. The zero-order chi connectivity index (χ0) is 20.1. The Labute approximate surface area is 159 Å². The van der Waals surface area contributed by atoms with Crippen LogP contribution in [0.5, 0.6) is 11.5 Å². The molecule has 0 atom stereocenters. The summed E-state index contributed by atoms with van der Waals surface area (Å²) in [5, 5.41) is 9.36. The van der Waals surface area contributed by atoms with Gasteiger partial charge in [-0.05, 0) is 50.0 Å². The third kappa shape index (κ3) is 8.35. The van der Waals surface area contributed by atoms with Crippen molar-refractivity contribution in [2.45, 2.75) is 38.5 Å². The van der Waals surface area contributed by atoms with E-state index in [9.17, 15) is 19.5 Å². The van der Waals surface area contributed by atoms with Crippen molar-refractivity contribution >= 4 is 17.5 Å². The standard InChI is InChI=1S/C21H26O6/c1-3-16(22)10-5-7-14-26-19-13-9-12-18(21(24)25)20(19)27-15-8-6-11-17(23)4-2/h3-4,9,12-13H,1-2,5-8,10-11,14-15H2,(H,24,25). The molecule has 27 heavy (non-hydrogen) atoms. The van der Waals surface area contributed by atoms with Gasteiger partial charge in [-0.15, -0.1) is 0 Å². The minimum Gasteiger partial charge on any atom is -0.490 e. The lowest BCUT2D eigenvalue weighted by molar-refractivity contribution is -0.115. The normalized spacial score (nSPS) is 10.1. The number of hydrogen-bond acceptors (Lipinski definition) is 5. The van der Waals surface area contributed by atoms with Gasteiger partial charge >= 0.3 is 5.97 Å². The van der Waals surface area contributed by atoms with Gasteiger partial charge in [0.05, 0.1) is 13.2 Å². The lowest BCUT2D eigenvalue weighted by Gasteiger charge is -2.15. The molecule has 0 aromatic heterocycles. The zero-order valence-corrected chi connectivity index (χ0v) is 15.4. The minimum absolute atomic E-state index is 0.0122. The molecule has 0 fully saturated rings. The molecule has 1 aromatic rings. The van der Waals surface area contributed by atoms with Gasteiger partial charge in [0.1, 0.15) is 5.56 Å². The van der Waals surface area contributed by atoms with Gasteiger partial charge in [0.2, 0.25) is 0 Å². The molecule has 6 nitrogen and oxygen atoms in total. The number of carbonyl (C=O) groups excluding carboxylic acids is 2. The Balaban J connectivity index is 2.60. The first kappa shape index (κ1) is 22.2. The summed E-state index contributed by atoms with van der Waals surface area (Å²) in [5.41, 5.74) is 0.0245. The highest BCUT2D eigenvalue weighted by Crippen LogP contribution is 2.32. The van der Waals surface area contributed by atoms with Crippen LogP contribution < -0.4 is 9.47 Å². The predicted molar refractivity (Wildman–Crippen MR) is 103 cm³/mol. The number of benzene rings is 1. The van der Waals surface area contributed by atoms with Crippen LogP contribution in [0, 0.1) is 0 Å². The maximum Gasteiger partial charge on any atom is 0.339 e. The maximum absolute atomic E-state index is 11.4. The van der Waals surface area contributed by atoms with Crippen LogP contribution in [-0.2, 0) is 9.59 Å². The van der Waals surface area contributed by atoms with Gasteiger partial charge in [-0.1, -0.05) is 19.2 Å². The zero-order valence-electron chi connectivity index (χ0n) is 15.4. The fourth-order valence-corrected chi connectivity index (χ4v) is 2.31. The quantitative estimate of drug-likeness (QED) is 0.369. The predicted octanol–water partition coefficient (Wildman–Crippen LogP) is 3.99. The molecule has 0 heterocycles. The van der Waals surface area contributed by atoms with Crippen molar-refractivity contribution in [3.8, 4) is 11.5 Å². The summed E-state index contributed by atoms with van der Waals surface area (Å²) < 4.78 is 11.3. The summed E-state index contributed by atoms with van der Waals surface area (Å²) in [5.74, 6) is -0.607. The third-order valence-electron chi connectivity index (χ3n) is 3.80. The van der Waals surface area contributed by atoms with Gasteiger partial charge in [-0.3, -0.25) is 9.59 Å². The minimum atomic E-state index is -1.10. The summed E-state index contributed by atoms with van der Waals surface area (Å²) in [7, 11) is 0. The molecule has 0 amide bonds. The van der Waals surface area contributed by atoms with Gasteiger partial charge < -0.3 is 14.6 Å². The van der Waals surface area contributed by atoms with Crippen molar-refractivity contribution in [1.82, 2.24) is 0 Å². The van der Waals surface area contributed by atoms with Gasteiger partial charge in [-0.25, -0.2) is 4.79 Å². The van der Waals surface area contributed by atoms with Crippen LogP contribution >= 0.6 is 0 Å². The Kier molecular flexibility index (Phi) is 10.2. The summed E-state index contributed by atoms with van der Waals surface area (Å²) in [6, 6.07) is 4.70. The van der Waals surface area contributed by atoms with Crippen molar-refractivity contribution in [2.75, 3.05) is 13.2 Å². The number of carboxylic acid groups (broad SMARTS) is 1. The Morgan fingerprint density at radius 2 is 1.44 bits per heavy atom. The number of unbranched alkanes of at least 4 members (excludes halogenated alkanes) is 2. The van der Waals surface area contributed by atoms with Crippen molar-refractivity contribution in [3.63, 3.8) is 0 Å². The highest BCUT2D eigenvalue weighted by atomic mass is 16.5. The molecule has 0 saturated carbocycles. The van der Waals surface area contributed by atoms with E-state index in [-0.39, 0.29) is 29.5 Å². The molecule has 6 heteroatoms. The highest BCUT2D eigenvalue weighted by Gasteiger charge is 2.16. The number of carbonyl (C=O) groups is 3. The van der Waals surface area contributed by atoms with Gasteiger partial charge in [-0.2, -0.15) is 0 Å². The largest absolute Gasteiger partial charge is 0.490 e. The second kappa shape index (κ2) is 12.5. The lowest BCUT2D eigenvalue weighted by Crippen LogP contribution is -2.08. The van der Waals surface area contributed by atoms with Crippen LogP contribution in [0.25, 0.3) is 0 Å². The molecule has 0 saturated heterocycles. The molecular weight excluding hydrogens is 348 g/mol. The number of para-hydroxylation sites is 1. The second-order valence-electron chi connectivity index (χ2n) is 5.89. The summed E-state index contributed by atoms with van der Waals surface area (Å²) in [4.78, 5) is 33.8. The molecule has 0 radical (unpaired) electrons. The Morgan fingerprint density at radius 3 is 1.96 bits per heavy atom. The highest BCUT2D eigenvalue weighted by molar-refractivity contribution is 5.92. The molecule has 0 aliphatic heterocycles. The van der Waals surface area contributed by atoms with E-state index in [1.807, 2.05) is 0 Å². The first-order valence-corrected chi connectivity index (χ1v) is 8.92. The molecule has 0 bridgehead atoms. The van der Waals surface area contributed by atoms with Crippen LogP contribution in [0.4, 0.5) is 0 Å². The molecule has 0 spiro atoms. The van der Waals surface area contributed by atoms with E-state index >= 15 is 0 Å². The first-order valence-electron chi connectivity index (χ1n) is 8.92. The third-order valence-corrected chi connectivity index (χ3v) is 3.80. The van der Waals surface area contributed by atoms with E-state index in [1.54, 1.807) is 12.1 Å². The summed E-state index contributed by atoms with van der Waals surface area (Å²) in [6.45, 7) is 7.47. The van der Waals surface area contributed by atoms with Crippen LogP contribution in [0.3, 0.4) is 0 Å². The van der Waals surface area contributed by atoms with Gasteiger partial charge in [0, 0.05) is 12.8 Å². The number of allylic oxidation sites excluding steroid dienone is 2. The molecule has 1 N–H and O–H groups in total.